The highest BCUT2D eigenvalue weighted by Crippen LogP contribution is 2.22. The summed E-state index contributed by atoms with van der Waals surface area (Å²) >= 11 is 5.58. The fourth-order valence-electron chi connectivity index (χ4n) is 3.02. The van der Waals surface area contributed by atoms with Crippen LogP contribution in [0.4, 0.5) is 5.69 Å². The van der Waals surface area contributed by atoms with Gasteiger partial charge in [-0.25, -0.2) is 4.68 Å². The summed E-state index contributed by atoms with van der Waals surface area (Å²) in [4.78, 5) is 4.53. The second kappa shape index (κ2) is 9.85. The van der Waals surface area contributed by atoms with Crippen LogP contribution in [-0.2, 0) is 18.5 Å². The van der Waals surface area contributed by atoms with E-state index in [2.05, 4.69) is 55.0 Å². The third-order valence-electron chi connectivity index (χ3n) is 4.56. The zero-order valence-corrected chi connectivity index (χ0v) is 17.4. The van der Waals surface area contributed by atoms with Crippen LogP contribution >= 0.6 is 12.2 Å². The first-order chi connectivity index (χ1) is 12.5. The van der Waals surface area contributed by atoms with Gasteiger partial charge in [-0.2, -0.15) is 5.10 Å². The summed E-state index contributed by atoms with van der Waals surface area (Å²) in [6, 6.07) is 8.55. The standard InChI is InChI=1S/C19H31N5OS/c1-6-23(7-2)17-11-9-16(10-12-17)18-20-24(19(26)22(18)4)15-21(3)13-8-14-25-5/h9-12H,6-8,13-15H2,1-5H3. The molecule has 1 aromatic carbocycles. The van der Waals surface area contributed by atoms with Crippen molar-refractivity contribution in [2.75, 3.05) is 45.3 Å². The molecule has 0 saturated heterocycles. The van der Waals surface area contributed by atoms with E-state index in [1.807, 2.05) is 16.3 Å². The van der Waals surface area contributed by atoms with Gasteiger partial charge in [0.15, 0.2) is 10.6 Å². The summed E-state index contributed by atoms with van der Waals surface area (Å²) in [5.74, 6) is 0.895. The fourth-order valence-corrected chi connectivity index (χ4v) is 3.20. The Morgan fingerprint density at radius 2 is 1.81 bits per heavy atom. The minimum absolute atomic E-state index is 0.675. The van der Waals surface area contributed by atoms with Gasteiger partial charge in [-0.3, -0.25) is 4.90 Å². The van der Waals surface area contributed by atoms with Crippen LogP contribution in [0.15, 0.2) is 24.3 Å². The predicted molar refractivity (Wildman–Crippen MR) is 110 cm³/mol. The third-order valence-corrected chi connectivity index (χ3v) is 5.04. The Morgan fingerprint density at radius 1 is 1.15 bits per heavy atom. The summed E-state index contributed by atoms with van der Waals surface area (Å²) in [5.41, 5.74) is 2.31. The smallest absolute Gasteiger partial charge is 0.199 e. The highest BCUT2D eigenvalue weighted by molar-refractivity contribution is 7.71. The van der Waals surface area contributed by atoms with Gasteiger partial charge in [-0.05, 0) is 63.8 Å². The molecule has 0 aliphatic heterocycles. The number of methoxy groups -OCH3 is 1. The Kier molecular flexibility index (Phi) is 7.81. The molecule has 6 nitrogen and oxygen atoms in total. The van der Waals surface area contributed by atoms with Crippen molar-refractivity contribution < 1.29 is 4.74 Å². The maximum absolute atomic E-state index is 5.58. The molecule has 0 N–H and O–H groups in total. The largest absolute Gasteiger partial charge is 0.385 e. The zero-order valence-electron chi connectivity index (χ0n) is 16.6. The van der Waals surface area contributed by atoms with Crippen molar-refractivity contribution in [1.29, 1.82) is 0 Å². The average molecular weight is 378 g/mol. The summed E-state index contributed by atoms with van der Waals surface area (Å²) in [5, 5.41) is 4.75. The van der Waals surface area contributed by atoms with E-state index in [-0.39, 0.29) is 0 Å². The Morgan fingerprint density at radius 3 is 2.38 bits per heavy atom. The molecule has 144 valence electrons. The molecule has 1 aromatic heterocycles. The Hall–Kier alpha value is -1.70. The van der Waals surface area contributed by atoms with Crippen molar-refractivity contribution >= 4 is 17.9 Å². The number of aromatic nitrogens is 3. The number of hydrogen-bond acceptors (Lipinski definition) is 5. The van der Waals surface area contributed by atoms with Crippen LogP contribution in [-0.4, -0.2) is 59.6 Å². The van der Waals surface area contributed by atoms with Gasteiger partial charge in [0.2, 0.25) is 0 Å². The van der Waals surface area contributed by atoms with Gasteiger partial charge in [0.1, 0.15) is 0 Å². The Labute approximate surface area is 162 Å². The minimum Gasteiger partial charge on any atom is -0.385 e. The maximum Gasteiger partial charge on any atom is 0.199 e. The Balaban J connectivity index is 2.17. The van der Waals surface area contributed by atoms with Crippen molar-refractivity contribution in [2.45, 2.75) is 26.9 Å². The van der Waals surface area contributed by atoms with E-state index in [0.717, 1.165) is 48.8 Å². The third kappa shape index (κ3) is 4.93. The van der Waals surface area contributed by atoms with E-state index in [0.29, 0.717) is 6.67 Å². The number of hydrogen-bond donors (Lipinski definition) is 0. The molecule has 0 atom stereocenters. The molecular formula is C19H31N5OS. The summed E-state index contributed by atoms with van der Waals surface area (Å²) in [6.45, 7) is 8.74. The van der Waals surface area contributed by atoms with Gasteiger partial charge in [0.25, 0.3) is 0 Å². The van der Waals surface area contributed by atoms with Crippen molar-refractivity contribution in [3.63, 3.8) is 0 Å². The van der Waals surface area contributed by atoms with Crippen LogP contribution in [0, 0.1) is 4.77 Å². The number of benzene rings is 1. The topological polar surface area (TPSA) is 38.5 Å². The highest BCUT2D eigenvalue weighted by atomic mass is 32.1. The summed E-state index contributed by atoms with van der Waals surface area (Å²) < 4.78 is 9.70. The molecule has 0 aliphatic carbocycles. The Bertz CT molecular complexity index is 733. The van der Waals surface area contributed by atoms with Gasteiger partial charge in [-0.1, -0.05) is 0 Å². The van der Waals surface area contributed by atoms with Crippen LogP contribution in [0.2, 0.25) is 0 Å². The molecule has 0 spiro atoms. The van der Waals surface area contributed by atoms with Gasteiger partial charge in [0, 0.05) is 51.6 Å². The van der Waals surface area contributed by atoms with Crippen molar-refractivity contribution in [1.82, 2.24) is 19.2 Å². The molecule has 0 amide bonds. The first-order valence-electron chi connectivity index (χ1n) is 9.18. The number of nitrogens with zero attached hydrogens (tertiary/aromatic N) is 5. The lowest BCUT2D eigenvalue weighted by Crippen LogP contribution is -2.24. The van der Waals surface area contributed by atoms with Gasteiger partial charge >= 0.3 is 0 Å². The summed E-state index contributed by atoms with van der Waals surface area (Å²) in [6.07, 6.45) is 0.993. The van der Waals surface area contributed by atoms with Crippen molar-refractivity contribution in [2.24, 2.45) is 7.05 Å². The average Bonchev–Trinajstić information content (AvgIpc) is 2.92. The monoisotopic (exact) mass is 377 g/mol. The van der Waals surface area contributed by atoms with Gasteiger partial charge < -0.3 is 14.2 Å². The van der Waals surface area contributed by atoms with E-state index in [1.54, 1.807) is 7.11 Å². The lowest BCUT2D eigenvalue weighted by Gasteiger charge is -2.21. The van der Waals surface area contributed by atoms with E-state index < -0.39 is 0 Å². The van der Waals surface area contributed by atoms with Gasteiger partial charge in [-0.15, -0.1) is 0 Å². The van der Waals surface area contributed by atoms with E-state index in [4.69, 9.17) is 22.1 Å². The number of ether oxygens (including phenoxy) is 1. The van der Waals surface area contributed by atoms with E-state index in [9.17, 15) is 0 Å². The van der Waals surface area contributed by atoms with Gasteiger partial charge in [0.05, 0.1) is 6.67 Å². The maximum atomic E-state index is 5.58. The minimum atomic E-state index is 0.675. The zero-order chi connectivity index (χ0) is 19.1. The molecule has 0 bridgehead atoms. The molecular weight excluding hydrogens is 346 g/mol. The molecule has 0 radical (unpaired) electrons. The second-order valence-corrected chi connectivity index (χ2v) is 6.82. The van der Waals surface area contributed by atoms with Crippen LogP contribution in [0.1, 0.15) is 20.3 Å². The first kappa shape index (κ1) is 20.6. The normalized spacial score (nSPS) is 11.3. The quantitative estimate of drug-likeness (QED) is 0.469. The lowest BCUT2D eigenvalue weighted by atomic mass is 10.2. The van der Waals surface area contributed by atoms with Crippen LogP contribution in [0.5, 0.6) is 0 Å². The fraction of sp³-hybridized carbons (Fsp3) is 0.579. The molecule has 2 rings (SSSR count). The molecule has 0 aliphatic rings. The predicted octanol–water partition coefficient (Wildman–Crippen LogP) is 3.39. The summed E-state index contributed by atoms with van der Waals surface area (Å²) in [7, 11) is 5.78. The van der Waals surface area contributed by atoms with Crippen LogP contribution in [0.25, 0.3) is 11.4 Å². The van der Waals surface area contributed by atoms with Crippen molar-refractivity contribution in [3.05, 3.63) is 29.0 Å². The molecule has 1 heterocycles. The van der Waals surface area contributed by atoms with Crippen LogP contribution in [0.3, 0.4) is 0 Å². The molecule has 26 heavy (non-hydrogen) atoms. The van der Waals surface area contributed by atoms with E-state index >= 15 is 0 Å². The molecule has 0 unspecified atom stereocenters. The molecule has 7 heteroatoms. The first-order valence-corrected chi connectivity index (χ1v) is 9.59. The second-order valence-electron chi connectivity index (χ2n) is 6.45. The molecule has 0 fully saturated rings. The SMILES string of the molecule is CCN(CC)c1ccc(-c2nn(CN(C)CCCOC)c(=S)n2C)cc1. The molecule has 2 aromatic rings. The lowest BCUT2D eigenvalue weighted by molar-refractivity contribution is 0.168. The van der Waals surface area contributed by atoms with E-state index in [1.165, 1.54) is 5.69 Å². The van der Waals surface area contributed by atoms with Crippen molar-refractivity contribution in [3.8, 4) is 11.4 Å². The number of anilines is 1. The highest BCUT2D eigenvalue weighted by Gasteiger charge is 2.12. The number of rotatable bonds is 10. The van der Waals surface area contributed by atoms with Crippen LogP contribution < -0.4 is 4.90 Å². The molecule has 0 saturated carbocycles.